The van der Waals surface area contributed by atoms with Crippen LogP contribution >= 0.6 is 23.2 Å². The van der Waals surface area contributed by atoms with Gasteiger partial charge in [-0.05, 0) is 56.2 Å². The van der Waals surface area contributed by atoms with E-state index in [1.165, 1.54) is 44.4 Å². The van der Waals surface area contributed by atoms with Crippen LogP contribution in [0.1, 0.15) is 47.4 Å². The number of alkyl halides is 3. The summed E-state index contributed by atoms with van der Waals surface area (Å²) in [6.45, 7) is -0.212. The van der Waals surface area contributed by atoms with Gasteiger partial charge in [-0.2, -0.15) is 18.3 Å². The summed E-state index contributed by atoms with van der Waals surface area (Å²) >= 11 is 12.4. The van der Waals surface area contributed by atoms with Crippen LogP contribution in [0.25, 0.3) is 22.2 Å². The number of hydrogen-bond acceptors (Lipinski definition) is 7. The van der Waals surface area contributed by atoms with Crippen molar-refractivity contribution in [3.05, 3.63) is 69.5 Å². The van der Waals surface area contributed by atoms with Crippen LogP contribution in [0.4, 0.5) is 13.2 Å². The van der Waals surface area contributed by atoms with Crippen LogP contribution in [0, 0.1) is 0 Å². The number of fused-ring (bicyclic) bond motifs is 2. The monoisotopic (exact) mass is 663 g/mol. The van der Waals surface area contributed by atoms with Crippen LogP contribution in [0.3, 0.4) is 0 Å². The molecular weight excluding hydrogens is 638 g/mol. The van der Waals surface area contributed by atoms with Crippen molar-refractivity contribution in [1.82, 2.24) is 20.1 Å². The normalized spacial score (nSPS) is 19.1. The predicted molar refractivity (Wildman–Crippen MR) is 159 cm³/mol. The molecule has 10 nitrogen and oxygen atoms in total. The lowest BCUT2D eigenvalue weighted by Crippen LogP contribution is -2.51. The molecule has 4 N–H and O–H groups in total. The van der Waals surface area contributed by atoms with Crippen molar-refractivity contribution >= 4 is 45.9 Å². The van der Waals surface area contributed by atoms with Crippen molar-refractivity contribution < 1.29 is 37.3 Å². The van der Waals surface area contributed by atoms with E-state index in [1.54, 1.807) is 10.9 Å². The van der Waals surface area contributed by atoms with Crippen LogP contribution in [0.2, 0.25) is 10.0 Å². The number of nitrogens with one attached hydrogen (secondary N) is 1. The number of ether oxygens (including phenoxy) is 2. The van der Waals surface area contributed by atoms with Gasteiger partial charge in [0.1, 0.15) is 34.7 Å². The summed E-state index contributed by atoms with van der Waals surface area (Å²) < 4.78 is 57.2. The van der Waals surface area contributed by atoms with E-state index in [2.05, 4.69) is 15.4 Å². The largest absolute Gasteiger partial charge is 0.494 e. The van der Waals surface area contributed by atoms with Crippen molar-refractivity contribution in [2.45, 2.75) is 43.0 Å². The third-order valence-corrected chi connectivity index (χ3v) is 8.74. The molecule has 236 valence electrons. The van der Waals surface area contributed by atoms with Gasteiger partial charge in [-0.15, -0.1) is 0 Å². The molecule has 2 amide bonds. The van der Waals surface area contributed by atoms with E-state index in [0.717, 1.165) is 18.9 Å². The Kier molecular flexibility index (Phi) is 7.41. The van der Waals surface area contributed by atoms with Crippen molar-refractivity contribution in [3.8, 4) is 22.8 Å². The van der Waals surface area contributed by atoms with Crippen molar-refractivity contribution in [2.75, 3.05) is 20.3 Å². The predicted octanol–water partition coefficient (Wildman–Crippen LogP) is 5.06. The number of nitrogens with two attached hydrogens (primary N) is 1. The third kappa shape index (κ3) is 5.22. The Balaban J connectivity index is 1.41. The Hall–Kier alpha value is -4.07. The average Bonchev–Trinajstić information content (AvgIpc) is 3.65. The second kappa shape index (κ2) is 10.8. The molecule has 15 heteroatoms. The van der Waals surface area contributed by atoms with Crippen LogP contribution in [-0.2, 0) is 15.8 Å². The maximum Gasteiger partial charge on any atom is 0.424 e. The number of aliphatic hydroxyl groups is 1. The average molecular weight is 664 g/mol. The van der Waals surface area contributed by atoms with E-state index in [4.69, 9.17) is 38.4 Å². The number of halogens is 5. The summed E-state index contributed by atoms with van der Waals surface area (Å²) in [6, 6.07) is 8.23. The molecule has 1 fully saturated rings. The van der Waals surface area contributed by atoms with Crippen molar-refractivity contribution in [3.63, 3.8) is 0 Å². The fourth-order valence-electron chi connectivity index (χ4n) is 5.24. The molecule has 4 aromatic rings. The van der Waals surface area contributed by atoms with Crippen LogP contribution < -0.4 is 20.5 Å². The zero-order valence-electron chi connectivity index (χ0n) is 23.8. The van der Waals surface area contributed by atoms with E-state index in [-0.39, 0.29) is 56.6 Å². The van der Waals surface area contributed by atoms with Crippen LogP contribution in [0.5, 0.6) is 11.5 Å². The second-order valence-electron chi connectivity index (χ2n) is 11.3. The number of carbonyl (C=O) groups is 2. The highest BCUT2D eigenvalue weighted by molar-refractivity contribution is 6.36. The van der Waals surface area contributed by atoms with E-state index in [0.29, 0.717) is 10.9 Å². The summed E-state index contributed by atoms with van der Waals surface area (Å²) in [4.78, 5) is 29.9. The minimum atomic E-state index is -5.35. The smallest absolute Gasteiger partial charge is 0.424 e. The molecule has 45 heavy (non-hydrogen) atoms. The highest BCUT2D eigenvalue weighted by Crippen LogP contribution is 2.49. The molecule has 1 aliphatic heterocycles. The van der Waals surface area contributed by atoms with Gasteiger partial charge in [0.05, 0.1) is 30.4 Å². The molecule has 2 atom stereocenters. The SMILES string of the molecule is COc1cc(C(=O)NCC(O)(c2cc3c(c(-c4ccc(Cl)cc4Cl)n2)OC[C@]3(C)C(N)=O)C(F)(F)F)cc2cn(C3CC3)nc12. The molecule has 6 rings (SSSR count). The minimum Gasteiger partial charge on any atom is -0.494 e. The number of primary amides is 1. The number of aromatic nitrogens is 3. The van der Waals surface area contributed by atoms with E-state index < -0.39 is 41.2 Å². The van der Waals surface area contributed by atoms with Gasteiger partial charge in [-0.3, -0.25) is 14.3 Å². The maximum atomic E-state index is 14.8. The quantitative estimate of drug-likeness (QED) is 0.239. The summed E-state index contributed by atoms with van der Waals surface area (Å²) in [5, 5.41) is 18.9. The Bertz CT molecular complexity index is 1880. The number of amides is 2. The standard InChI is InChI=1S/C30H26Cl2F3N5O5/c1-28(27(36)42)13-45-25-19(28)10-22(38-24(25)18-6-3-16(31)9-20(18)32)29(43,30(33,34)35)12-37-26(41)14-7-15-11-40(17-4-5-17)39-23(15)21(8-14)44-2/h3,6-11,17,43H,4-5,12-13H2,1-2H3,(H2,36,42)(H,37,41)/t28-,29?/m0/s1. The van der Waals surface area contributed by atoms with Gasteiger partial charge >= 0.3 is 6.18 Å². The number of hydrogen-bond donors (Lipinski definition) is 3. The Morgan fingerprint density at radius 2 is 1.96 bits per heavy atom. The molecule has 1 aliphatic carbocycles. The molecule has 2 aromatic carbocycles. The Morgan fingerprint density at radius 3 is 2.58 bits per heavy atom. The lowest BCUT2D eigenvalue weighted by atomic mass is 9.81. The number of benzene rings is 2. The summed E-state index contributed by atoms with van der Waals surface area (Å²) in [6.07, 6.45) is -1.67. The first-order chi connectivity index (χ1) is 21.2. The molecule has 3 heterocycles. The zero-order chi connectivity index (χ0) is 32.5. The fraction of sp³-hybridized carbons (Fsp3) is 0.333. The van der Waals surface area contributed by atoms with Crippen LogP contribution in [0.15, 0.2) is 42.6 Å². The lowest BCUT2D eigenvalue weighted by Gasteiger charge is -2.31. The van der Waals surface area contributed by atoms with Gasteiger partial charge in [0.15, 0.2) is 0 Å². The number of methoxy groups -OCH3 is 1. The number of pyridine rings is 1. The van der Waals surface area contributed by atoms with Gasteiger partial charge in [0.2, 0.25) is 11.5 Å². The second-order valence-corrected chi connectivity index (χ2v) is 12.2. The number of carbonyl (C=O) groups excluding carboxylic acids is 2. The molecule has 0 radical (unpaired) electrons. The highest BCUT2D eigenvalue weighted by Gasteiger charge is 2.57. The van der Waals surface area contributed by atoms with E-state index in [1.807, 2.05) is 0 Å². The number of nitrogens with zero attached hydrogens (tertiary/aromatic N) is 3. The van der Waals surface area contributed by atoms with Gasteiger partial charge in [-0.25, -0.2) is 4.98 Å². The molecule has 2 aliphatic rings. The topological polar surface area (TPSA) is 142 Å². The zero-order valence-corrected chi connectivity index (χ0v) is 25.3. The lowest BCUT2D eigenvalue weighted by molar-refractivity contribution is -0.265. The van der Waals surface area contributed by atoms with Crippen molar-refractivity contribution in [1.29, 1.82) is 0 Å². The highest BCUT2D eigenvalue weighted by atomic mass is 35.5. The maximum absolute atomic E-state index is 14.8. The van der Waals surface area contributed by atoms with Crippen LogP contribution in [-0.4, -0.2) is 58.1 Å². The fourth-order valence-corrected chi connectivity index (χ4v) is 5.74. The Morgan fingerprint density at radius 1 is 1.22 bits per heavy atom. The number of rotatable bonds is 8. The first kappa shape index (κ1) is 30.9. The molecule has 1 unspecified atom stereocenters. The van der Waals surface area contributed by atoms with Crippen molar-refractivity contribution in [2.24, 2.45) is 5.73 Å². The molecule has 0 spiro atoms. The van der Waals surface area contributed by atoms with Gasteiger partial charge in [0.25, 0.3) is 5.91 Å². The summed E-state index contributed by atoms with van der Waals surface area (Å²) in [7, 11) is 1.39. The molecular formula is C30H26Cl2F3N5O5. The first-order valence-corrected chi connectivity index (χ1v) is 14.5. The molecule has 0 bridgehead atoms. The molecule has 1 saturated carbocycles. The Labute approximate surface area is 264 Å². The van der Waals surface area contributed by atoms with E-state index in [9.17, 15) is 27.9 Å². The summed E-state index contributed by atoms with van der Waals surface area (Å²) in [5.41, 5.74) is -0.139. The summed E-state index contributed by atoms with van der Waals surface area (Å²) in [5.74, 6) is -1.54. The third-order valence-electron chi connectivity index (χ3n) is 8.19. The molecule has 0 saturated heterocycles. The minimum absolute atomic E-state index is 0.00975. The van der Waals surface area contributed by atoms with Gasteiger partial charge < -0.3 is 25.6 Å². The van der Waals surface area contributed by atoms with Gasteiger partial charge in [-0.1, -0.05) is 23.2 Å². The van der Waals surface area contributed by atoms with E-state index >= 15 is 0 Å². The molecule has 2 aromatic heterocycles. The van der Waals surface area contributed by atoms with Gasteiger partial charge in [0, 0.05) is 33.3 Å². The first-order valence-electron chi connectivity index (χ1n) is 13.7.